The van der Waals surface area contributed by atoms with Crippen molar-refractivity contribution in [2.24, 2.45) is 0 Å². The minimum atomic E-state index is -4.63. The molecule has 6 rings (SSSR count). The molecule has 2 aliphatic heterocycles. The number of halogens is 9. The van der Waals surface area contributed by atoms with E-state index in [0.717, 1.165) is 24.3 Å². The van der Waals surface area contributed by atoms with Crippen molar-refractivity contribution in [1.29, 1.82) is 0 Å². The second-order valence-electron chi connectivity index (χ2n) is 18.5. The Balaban J connectivity index is 0.000000322. The van der Waals surface area contributed by atoms with Crippen molar-refractivity contribution in [1.82, 2.24) is 9.80 Å². The van der Waals surface area contributed by atoms with E-state index >= 15 is 0 Å². The van der Waals surface area contributed by atoms with Crippen molar-refractivity contribution < 1.29 is 90.3 Å². The highest BCUT2D eigenvalue weighted by atomic mass is 35.5. The number of hydrogen-bond acceptors (Lipinski definition) is 13. The maximum Gasteiger partial charge on any atom is 0.461 e. The number of hydrogen-bond donors (Lipinski definition) is 1. The number of piperidine rings is 2. The third-order valence-electron chi connectivity index (χ3n) is 12.5. The lowest BCUT2D eigenvalue weighted by molar-refractivity contribution is -0.253. The lowest BCUT2D eigenvalue weighted by Gasteiger charge is -2.40. The summed E-state index contributed by atoms with van der Waals surface area (Å²) in [6, 6.07) is 21.2. The zero-order chi connectivity index (χ0) is 54.9. The van der Waals surface area contributed by atoms with Gasteiger partial charge in [-0.1, -0.05) is 48.5 Å². The molecule has 75 heavy (non-hydrogen) atoms. The smallest absolute Gasteiger partial charge is 0.461 e. The van der Waals surface area contributed by atoms with Gasteiger partial charge in [-0.05, 0) is 117 Å². The predicted octanol–water partition coefficient (Wildman–Crippen LogP) is 9.54. The molecule has 0 spiro atoms. The van der Waals surface area contributed by atoms with E-state index in [9.17, 15) is 66.7 Å². The highest BCUT2D eigenvalue weighted by Crippen LogP contribution is 2.40. The summed E-state index contributed by atoms with van der Waals surface area (Å²) in [5.41, 5.74) is 1.17. The molecular formula is C50H59ClF8N2O12S2. The number of rotatable bonds is 20. The lowest BCUT2D eigenvalue weighted by Crippen LogP contribution is -2.56. The van der Waals surface area contributed by atoms with Gasteiger partial charge in [-0.2, -0.15) is 35.1 Å². The third-order valence-corrected chi connectivity index (χ3v) is 17.5. The van der Waals surface area contributed by atoms with Crippen molar-refractivity contribution in [3.63, 3.8) is 0 Å². The van der Waals surface area contributed by atoms with Crippen LogP contribution in [-0.4, -0.2) is 151 Å². The van der Waals surface area contributed by atoms with Crippen LogP contribution < -0.4 is 9.47 Å². The van der Waals surface area contributed by atoms with Crippen LogP contribution in [0.2, 0.25) is 0 Å². The Labute approximate surface area is 436 Å². The van der Waals surface area contributed by atoms with Crippen molar-refractivity contribution in [2.45, 2.75) is 96.4 Å². The van der Waals surface area contributed by atoms with Crippen LogP contribution >= 0.6 is 12.4 Å². The van der Waals surface area contributed by atoms with E-state index in [1.807, 2.05) is 9.80 Å². The van der Waals surface area contributed by atoms with Crippen molar-refractivity contribution >= 4 is 44.0 Å². The van der Waals surface area contributed by atoms with Gasteiger partial charge in [-0.3, -0.25) is 9.59 Å². The number of likely N-dealkylation sites (tertiary alicyclic amines) is 2. The Hall–Kier alpha value is -5.11. The van der Waals surface area contributed by atoms with Crippen LogP contribution in [-0.2, 0) is 43.5 Å². The van der Waals surface area contributed by atoms with Gasteiger partial charge in [0.25, 0.3) is 0 Å². The van der Waals surface area contributed by atoms with Gasteiger partial charge in [-0.25, -0.2) is 16.8 Å². The van der Waals surface area contributed by atoms with Crippen molar-refractivity contribution in [3.8, 4) is 33.8 Å². The molecule has 0 atom stereocenters. The molecule has 4 aromatic rings. The van der Waals surface area contributed by atoms with Gasteiger partial charge < -0.3 is 38.6 Å². The van der Waals surface area contributed by atoms with Crippen LogP contribution in [0, 0.1) is 0 Å². The zero-order valence-electron chi connectivity index (χ0n) is 41.5. The minimum absolute atomic E-state index is 0. The summed E-state index contributed by atoms with van der Waals surface area (Å²) in [6.07, 6.45) is -17.2. The zero-order valence-corrected chi connectivity index (χ0v) is 43.9. The van der Waals surface area contributed by atoms with Crippen LogP contribution in [0.4, 0.5) is 35.1 Å². The number of nitrogens with zero attached hydrogens (tertiary/aromatic N) is 2. The Kier molecular flexibility index (Phi) is 21.1. The molecule has 2 aliphatic rings. The van der Waals surface area contributed by atoms with E-state index in [2.05, 4.69) is 9.47 Å². The van der Waals surface area contributed by atoms with Crippen molar-refractivity contribution in [2.75, 3.05) is 66.7 Å². The first kappa shape index (κ1) is 62.4. The number of alkyl halides is 8. The number of ether oxygens (including phenoxy) is 5. The molecule has 0 aliphatic carbocycles. The van der Waals surface area contributed by atoms with E-state index < -0.39 is 83.3 Å². The fourth-order valence-electron chi connectivity index (χ4n) is 8.21. The summed E-state index contributed by atoms with van der Waals surface area (Å²) in [7, 11) is -5.28. The molecule has 0 amide bonds. The number of carbonyl (C=O) groups excluding carboxylic acids is 1. The molecule has 0 aromatic heterocycles. The number of esters is 1. The summed E-state index contributed by atoms with van der Waals surface area (Å²) < 4.78 is 176. The molecule has 0 saturated carbocycles. The second kappa shape index (κ2) is 25.4. The number of carboxylic acid groups (broad SMARTS) is 1. The van der Waals surface area contributed by atoms with Gasteiger partial charge in [-0.15, -0.1) is 12.4 Å². The minimum Gasteiger partial charge on any atom is -0.480 e. The molecule has 2 fully saturated rings. The van der Waals surface area contributed by atoms with Gasteiger partial charge in [0.15, 0.2) is 29.2 Å². The average Bonchev–Trinajstić information content (AvgIpc) is 3.35. The largest absolute Gasteiger partial charge is 0.480 e. The summed E-state index contributed by atoms with van der Waals surface area (Å²) in [6.45, 7) is 8.50. The monoisotopic (exact) mass is 1130 g/mol. The highest BCUT2D eigenvalue weighted by molar-refractivity contribution is 7.94. The molecule has 0 radical (unpaired) electrons. The van der Waals surface area contributed by atoms with Gasteiger partial charge in [0, 0.05) is 53.5 Å². The van der Waals surface area contributed by atoms with Crippen LogP contribution in [0.5, 0.6) is 11.5 Å². The summed E-state index contributed by atoms with van der Waals surface area (Å²) in [4.78, 5) is 29.3. The van der Waals surface area contributed by atoms with E-state index in [1.165, 1.54) is 72.8 Å². The number of sulfone groups is 2. The van der Waals surface area contributed by atoms with Crippen LogP contribution in [0.25, 0.3) is 22.3 Å². The van der Waals surface area contributed by atoms with E-state index in [-0.39, 0.29) is 47.9 Å². The SMILES string of the molecule is COCCN1CCC(C(=O)O)(S(=O)(=O)c2ccc(-c3ccc(OC(F)(F)C(F)F)cc3)cc2)CC1.COCCN1CCC(C(=O)OC(C)(C)C)(S(=O)(=O)c2ccc(-c3ccc(OC(F)(F)C(F)F)cc3)cc2)CC1.Cl. The van der Waals surface area contributed by atoms with Gasteiger partial charge in [0.05, 0.1) is 23.0 Å². The quantitative estimate of drug-likeness (QED) is 0.0654. The molecule has 2 heterocycles. The number of methoxy groups -OCH3 is 2. The van der Waals surface area contributed by atoms with Gasteiger partial charge >= 0.3 is 37.0 Å². The standard InChI is InChI=1S/C27H33F4NO6S.C23H25F4NO6S.ClH/c1-25(2,3)38-24(33)26(13-15-32(16-14-26)17-18-36-4)39(34,35)22-11-7-20(8-12-22)19-5-9-21(10-6-19)37-27(30,31)23(28)29;1-33-15-14-28-12-10-22(11-13-28,21(29)30)35(31,32)19-8-4-17(5-9-19)16-2-6-18(7-3-16)34-23(26,27)20(24)25;/h5-12,23H,13-18H2,1-4H3;2-9,20H,10-15H2,1H3,(H,29,30);1H. The molecular weight excluding hydrogens is 1070 g/mol. The van der Waals surface area contributed by atoms with Gasteiger partial charge in [0.1, 0.15) is 17.1 Å². The van der Waals surface area contributed by atoms with Crippen LogP contribution in [0.15, 0.2) is 107 Å². The average molecular weight is 1130 g/mol. The third kappa shape index (κ3) is 14.9. The normalized spacial score (nSPS) is 16.6. The van der Waals surface area contributed by atoms with E-state index in [1.54, 1.807) is 35.0 Å². The Bertz CT molecular complexity index is 2720. The number of aliphatic carboxylic acids is 1. The predicted molar refractivity (Wildman–Crippen MR) is 263 cm³/mol. The van der Waals surface area contributed by atoms with Crippen LogP contribution in [0.1, 0.15) is 46.5 Å². The molecule has 25 heteroatoms. The molecule has 416 valence electrons. The fraction of sp³-hybridized carbons (Fsp3) is 0.480. The summed E-state index contributed by atoms with van der Waals surface area (Å²) in [5.74, 6) is -3.09. The lowest BCUT2D eigenvalue weighted by atomic mass is 9.95. The van der Waals surface area contributed by atoms with E-state index in [0.29, 0.717) is 74.7 Å². The molecule has 1 N–H and O–H groups in total. The topological polar surface area (TPSA) is 175 Å². The molecule has 14 nitrogen and oxygen atoms in total. The second-order valence-corrected chi connectivity index (χ2v) is 23.0. The first-order valence-electron chi connectivity index (χ1n) is 23.0. The number of carboxylic acids is 1. The molecule has 0 bridgehead atoms. The summed E-state index contributed by atoms with van der Waals surface area (Å²) >= 11 is 0. The summed E-state index contributed by atoms with van der Waals surface area (Å²) in [5, 5.41) is 9.89. The van der Waals surface area contributed by atoms with Crippen LogP contribution in [0.3, 0.4) is 0 Å². The number of benzene rings is 4. The Morgan fingerprint density at radius 2 is 0.853 bits per heavy atom. The van der Waals surface area contributed by atoms with Crippen molar-refractivity contribution in [3.05, 3.63) is 97.1 Å². The number of carbonyl (C=O) groups is 2. The Morgan fingerprint density at radius 1 is 0.560 bits per heavy atom. The highest BCUT2D eigenvalue weighted by Gasteiger charge is 2.56. The first-order chi connectivity index (χ1) is 34.5. The maximum atomic E-state index is 13.9. The molecule has 4 aromatic carbocycles. The van der Waals surface area contributed by atoms with E-state index in [4.69, 9.17) is 14.2 Å². The fourth-order valence-corrected chi connectivity index (χ4v) is 12.0. The first-order valence-corrected chi connectivity index (χ1v) is 26.0. The Morgan fingerprint density at radius 3 is 1.13 bits per heavy atom. The maximum absolute atomic E-state index is 13.9. The molecule has 0 unspecified atom stereocenters. The van der Waals surface area contributed by atoms with Gasteiger partial charge in [0.2, 0.25) is 0 Å². The molecule has 2 saturated heterocycles.